The lowest BCUT2D eigenvalue weighted by molar-refractivity contribution is -0.147. The van der Waals surface area contributed by atoms with Crippen molar-refractivity contribution in [1.82, 2.24) is 101 Å². The lowest BCUT2D eigenvalue weighted by Gasteiger charge is -2.29. The van der Waals surface area contributed by atoms with Gasteiger partial charge in [-0.05, 0) is 168 Å². The van der Waals surface area contributed by atoms with E-state index < -0.39 is 365 Å². The molecule has 0 aliphatic carbocycles. The fraction of sp³-hybridized carbons (Fsp3) is 0.690. The van der Waals surface area contributed by atoms with Gasteiger partial charge in [0.25, 0.3) is 0 Å². The summed E-state index contributed by atoms with van der Waals surface area (Å²) in [5.41, 5.74) is 44.4. The van der Waals surface area contributed by atoms with E-state index >= 15 is 0 Å². The minimum absolute atomic E-state index is 0.0937. The number of carbonyl (C=O) groups excluding carboxylic acids is 22. The topological polar surface area (TPSA) is 1000 Å². The van der Waals surface area contributed by atoms with Crippen LogP contribution in [0.15, 0.2) is 0 Å². The molecule has 0 heterocycles. The molecule has 22 amide bonds. The van der Waals surface area contributed by atoms with Gasteiger partial charge in [0, 0.05) is 25.7 Å². The summed E-state index contributed by atoms with van der Waals surface area (Å²) in [6, 6.07) is -26.4. The Kier molecular flexibility index (Phi) is 62.2. The molecule has 18 atom stereocenters. The average molecular weight is 2050 g/mol. The molecule has 0 saturated heterocycles. The third-order valence-electron chi connectivity index (χ3n) is 21.2. The Bertz CT molecular complexity index is 4350. The van der Waals surface area contributed by atoms with Gasteiger partial charge in [0.1, 0.15) is 90.6 Å². The van der Waals surface area contributed by atoms with Crippen LogP contribution in [0.3, 0.4) is 0 Å². The van der Waals surface area contributed by atoms with Crippen LogP contribution in [0.2, 0.25) is 0 Å². The molecule has 0 rings (SSSR count). The van der Waals surface area contributed by atoms with Gasteiger partial charge in [-0.3, -0.25) is 120 Å². The number of carboxylic acid groups (broad SMARTS) is 4. The van der Waals surface area contributed by atoms with Crippen LogP contribution in [0.1, 0.15) is 197 Å². The summed E-state index contributed by atoms with van der Waals surface area (Å²) in [5.74, 6) is -31.2. The highest BCUT2D eigenvalue weighted by molar-refractivity contribution is 6.02. The molecule has 143 heavy (non-hydrogen) atoms. The first-order valence-corrected chi connectivity index (χ1v) is 46.2. The number of unbranched alkanes of at least 4 members (excludes halogenated alkanes) is 4. The summed E-state index contributed by atoms with van der Waals surface area (Å²) >= 11 is 0. The second-order valence-corrected chi connectivity index (χ2v) is 34.3. The van der Waals surface area contributed by atoms with E-state index in [-0.39, 0.29) is 84.0 Å². The number of hydrogen-bond acceptors (Lipinski definition) is 33. The fourth-order valence-electron chi connectivity index (χ4n) is 13.1. The van der Waals surface area contributed by atoms with Crippen molar-refractivity contribution in [3.8, 4) is 0 Å². The number of hydrogen-bond donors (Lipinski definition) is 33. The molecule has 0 fully saturated rings. The van der Waals surface area contributed by atoms with Crippen LogP contribution < -0.4 is 147 Å². The van der Waals surface area contributed by atoms with E-state index in [4.69, 9.17) is 56.1 Å². The summed E-state index contributed by atoms with van der Waals surface area (Å²) in [6.45, 7) is 7.32. The molecule has 0 aromatic carbocycles. The van der Waals surface area contributed by atoms with E-state index in [2.05, 4.69) is 95.7 Å². The molecular weight excluding hydrogens is 1900 g/mol. The SMILES string of the molecule is CC(C)[C@H](NC(=O)CNC(=O)CNC(=O)[C@H](C)NC(=O)[C@H](CCC(=O)O)NC(=O)[C@H](C)NC(=O)[C@@H](NC(=O)[C@H](CCCCN)NC(=O)[C@H](CCCCN)NC(=O)[C@@H](NC(=O)[C@H](CCCCN)NC(=O)[C@H](CCC(N)=O)NC(=O)[C@H](CCC(N)=O)NC(=O)[C@@H](N)CC(=O)O)C(C)C)[C@@H](C)O)C(=O)N[C@H](C(=O)NCC(=O)N[C@@H](CCCCN)C(=O)NCC(=O)N[C@@H](CCC(N)=O)C(=O)N[C@@H](CC(=O)O)C(=O)O)[C@@H](C)O. The number of carbonyl (C=O) groups is 26. The Morgan fingerprint density at radius 1 is 0.238 bits per heavy atom. The highest BCUT2D eigenvalue weighted by atomic mass is 16.4. The Morgan fingerprint density at radius 2 is 0.503 bits per heavy atom. The van der Waals surface area contributed by atoms with E-state index in [0.717, 1.165) is 27.7 Å². The number of aliphatic carboxylic acids is 4. The molecule has 0 aliphatic heterocycles. The van der Waals surface area contributed by atoms with Crippen molar-refractivity contribution in [3.05, 3.63) is 0 Å². The summed E-state index contributed by atoms with van der Waals surface area (Å²) in [6.07, 6.45) is -8.41. The molecule has 0 aromatic rings. The molecule has 0 radical (unpaired) electrons. The molecule has 0 aliphatic rings. The van der Waals surface area contributed by atoms with Gasteiger partial charge in [0.05, 0.1) is 57.3 Å². The maximum absolute atomic E-state index is 14.5. The van der Waals surface area contributed by atoms with Crippen LogP contribution in [0.4, 0.5) is 0 Å². The van der Waals surface area contributed by atoms with Crippen molar-refractivity contribution in [2.45, 2.75) is 306 Å². The molecule has 59 heteroatoms. The van der Waals surface area contributed by atoms with Crippen molar-refractivity contribution < 1.29 is 155 Å². The van der Waals surface area contributed by atoms with E-state index in [1.165, 1.54) is 27.7 Å². The lowest BCUT2D eigenvalue weighted by atomic mass is 10.00. The van der Waals surface area contributed by atoms with E-state index in [0.29, 0.717) is 19.3 Å². The lowest BCUT2D eigenvalue weighted by Crippen LogP contribution is -2.62. The standard InChI is InChI=1S/C84H145N27O32/c1-39(2)65(82(140)111-67(43(7)112)80(138)96-38-60(119)99-46(17-9-13-29-85)72(130)95-37-59(118)100-50(21-25-55(90)114)75(133)107-54(84(142)143)34-64(125)126)108-61(120)36-93-58(117)35-94-69(127)41(5)97-73(131)53(24-28-62(121)122)101-70(128)42(6)98-83(141)68(44(8)113)110-79(137)49(20-12-16-32-88)103-74(132)47(18-10-14-30-86)106-81(139)66(40(3)4)109-78(136)48(19-11-15-31-87)104-77(135)52(23-27-57(92)116)105-76(134)51(22-26-56(91)115)102-71(129)45(89)33-63(123)124/h39-54,65-68,112-113H,9-38,85-89H2,1-8H3,(H2,90,114)(H2,91,115)(H2,92,116)(H,93,117)(H,94,127)(H,95,130)(H,96,138)(H,97,131)(H,98,141)(H,99,119)(H,100,118)(H,101,128)(H,102,129)(H,103,132)(H,104,135)(H,105,134)(H,106,139)(H,107,133)(H,108,120)(H,109,136)(H,110,137)(H,111,140)(H,121,122)(H,123,124)(H,125,126)(H,142,143)/t41-,42-,43+,44+,45-,46-,47-,48-,49-,50-,51-,52-,53-,54-,65-,66-,67-,68-/m0/s1. The minimum atomic E-state index is -1.95. The zero-order chi connectivity index (χ0) is 109. The number of rotatable bonds is 75. The summed E-state index contributed by atoms with van der Waals surface area (Å²) in [5, 5.41) is 103. The summed E-state index contributed by atoms with van der Waals surface area (Å²) < 4.78 is 0. The van der Waals surface area contributed by atoms with Gasteiger partial charge in [-0.15, -0.1) is 0 Å². The van der Waals surface area contributed by atoms with Crippen LogP contribution in [0, 0.1) is 11.8 Å². The number of primary amides is 3. The van der Waals surface area contributed by atoms with Gasteiger partial charge in [-0.25, -0.2) is 4.79 Å². The van der Waals surface area contributed by atoms with Crippen molar-refractivity contribution in [2.24, 2.45) is 57.7 Å². The molecule has 0 unspecified atom stereocenters. The second kappa shape index (κ2) is 68.9. The number of nitrogens with two attached hydrogens (primary N) is 8. The van der Waals surface area contributed by atoms with E-state index in [9.17, 15) is 145 Å². The largest absolute Gasteiger partial charge is 0.481 e. The molecule has 59 nitrogen and oxygen atoms in total. The molecule has 0 bridgehead atoms. The average Bonchev–Trinajstić information content (AvgIpc) is 0.851. The summed E-state index contributed by atoms with van der Waals surface area (Å²) in [4.78, 5) is 340. The summed E-state index contributed by atoms with van der Waals surface area (Å²) in [7, 11) is 0. The highest BCUT2D eigenvalue weighted by Gasteiger charge is 2.40. The predicted molar refractivity (Wildman–Crippen MR) is 499 cm³/mol. The van der Waals surface area contributed by atoms with Crippen molar-refractivity contribution >= 4 is 154 Å². The number of aliphatic hydroxyl groups excluding tert-OH is 2. The minimum Gasteiger partial charge on any atom is -0.481 e. The molecule has 0 aromatic heterocycles. The molecule has 0 spiro atoms. The van der Waals surface area contributed by atoms with Crippen LogP contribution in [-0.2, 0) is 125 Å². The monoisotopic (exact) mass is 2040 g/mol. The number of aliphatic hydroxyl groups is 2. The molecule has 0 saturated carbocycles. The van der Waals surface area contributed by atoms with Crippen LogP contribution in [-0.4, -0.2) is 346 Å². The van der Waals surface area contributed by atoms with Crippen molar-refractivity contribution in [3.63, 3.8) is 0 Å². The van der Waals surface area contributed by atoms with Gasteiger partial charge in [0.2, 0.25) is 130 Å². The Balaban J connectivity index is 6.41. The molecule has 808 valence electrons. The van der Waals surface area contributed by atoms with Crippen LogP contribution in [0.25, 0.3) is 0 Å². The maximum atomic E-state index is 14.5. The highest BCUT2D eigenvalue weighted by Crippen LogP contribution is 2.15. The number of nitrogens with one attached hydrogen (secondary N) is 19. The Hall–Kier alpha value is -14.1. The van der Waals surface area contributed by atoms with Crippen molar-refractivity contribution in [1.29, 1.82) is 0 Å². The smallest absolute Gasteiger partial charge is 0.326 e. The normalized spacial score (nSPS) is 14.8. The van der Waals surface area contributed by atoms with Gasteiger partial charge in [-0.1, -0.05) is 27.7 Å². The third kappa shape index (κ3) is 54.0. The second-order valence-electron chi connectivity index (χ2n) is 34.3. The quantitative estimate of drug-likeness (QED) is 0.0251. The number of amides is 22. The first-order valence-electron chi connectivity index (χ1n) is 46.2. The van der Waals surface area contributed by atoms with Gasteiger partial charge < -0.3 is 178 Å². The zero-order valence-corrected chi connectivity index (χ0v) is 81.2. The van der Waals surface area contributed by atoms with E-state index in [1.54, 1.807) is 0 Å². The zero-order valence-electron chi connectivity index (χ0n) is 81.2. The molecule has 41 N–H and O–H groups in total. The van der Waals surface area contributed by atoms with Crippen molar-refractivity contribution in [2.75, 3.05) is 52.4 Å². The van der Waals surface area contributed by atoms with Gasteiger partial charge >= 0.3 is 23.9 Å². The Labute approximate surface area is 822 Å². The third-order valence-corrected chi connectivity index (χ3v) is 21.2. The van der Waals surface area contributed by atoms with E-state index in [1.807, 2.05) is 5.32 Å². The van der Waals surface area contributed by atoms with Crippen LogP contribution >= 0.6 is 0 Å². The van der Waals surface area contributed by atoms with Crippen LogP contribution in [0.5, 0.6) is 0 Å². The maximum Gasteiger partial charge on any atom is 0.326 e. The fourth-order valence-corrected chi connectivity index (χ4v) is 13.1. The predicted octanol–water partition coefficient (Wildman–Crippen LogP) is -14.6. The number of carboxylic acids is 4. The van der Waals surface area contributed by atoms with Gasteiger partial charge in [-0.2, -0.15) is 0 Å². The Morgan fingerprint density at radius 3 is 0.881 bits per heavy atom. The van der Waals surface area contributed by atoms with Gasteiger partial charge in [0.15, 0.2) is 0 Å². The molecular formula is C84H145N27O32. The first kappa shape index (κ1) is 129. The first-order chi connectivity index (χ1) is 66.9.